The highest BCUT2D eigenvalue weighted by Crippen LogP contribution is 2.31. The van der Waals surface area contributed by atoms with E-state index in [2.05, 4.69) is 36.5 Å². The number of fused-ring (bicyclic) bond motifs is 2. The second-order valence-corrected chi connectivity index (χ2v) is 8.68. The summed E-state index contributed by atoms with van der Waals surface area (Å²) < 4.78 is 0.578. The lowest BCUT2D eigenvalue weighted by Crippen LogP contribution is -2.52. The normalized spacial score (nSPS) is 18.1. The topological polar surface area (TPSA) is 124 Å². The Bertz CT molecular complexity index is 1330. The number of imide groups is 1. The molecular formula is C22H18BrN5O4. The average Bonchev–Trinajstić information content (AvgIpc) is 3.25. The zero-order valence-electron chi connectivity index (χ0n) is 17.0. The van der Waals surface area contributed by atoms with Crippen LogP contribution in [0.1, 0.15) is 44.9 Å². The maximum absolute atomic E-state index is 12.9. The van der Waals surface area contributed by atoms with Gasteiger partial charge in [-0.2, -0.15) is 0 Å². The number of halogens is 1. The van der Waals surface area contributed by atoms with Gasteiger partial charge >= 0.3 is 0 Å². The van der Waals surface area contributed by atoms with Gasteiger partial charge in [0.2, 0.25) is 11.8 Å². The van der Waals surface area contributed by atoms with E-state index in [4.69, 9.17) is 0 Å². The summed E-state index contributed by atoms with van der Waals surface area (Å²) in [7, 11) is 0. The van der Waals surface area contributed by atoms with Crippen LogP contribution in [0.5, 0.6) is 0 Å². The molecule has 10 heteroatoms. The fourth-order valence-corrected chi connectivity index (χ4v) is 4.72. The molecule has 4 heterocycles. The zero-order valence-corrected chi connectivity index (χ0v) is 18.6. The van der Waals surface area contributed by atoms with Crippen molar-refractivity contribution in [3.05, 3.63) is 57.3 Å². The number of anilines is 1. The number of hydrogen-bond donors (Lipinski definition) is 3. The Hall–Kier alpha value is -3.53. The molecule has 1 fully saturated rings. The van der Waals surface area contributed by atoms with Crippen LogP contribution in [0.25, 0.3) is 11.0 Å². The van der Waals surface area contributed by atoms with E-state index in [0.29, 0.717) is 38.9 Å². The van der Waals surface area contributed by atoms with E-state index in [-0.39, 0.29) is 30.7 Å². The molecule has 5 rings (SSSR count). The van der Waals surface area contributed by atoms with Crippen LogP contribution in [-0.2, 0) is 16.1 Å². The first-order valence-electron chi connectivity index (χ1n) is 10.1. The lowest BCUT2D eigenvalue weighted by atomic mass is 10.0. The molecule has 4 amide bonds. The van der Waals surface area contributed by atoms with E-state index in [0.717, 1.165) is 11.2 Å². The summed E-state index contributed by atoms with van der Waals surface area (Å²) in [4.78, 5) is 58.3. The monoisotopic (exact) mass is 495 g/mol. The Kier molecular flexibility index (Phi) is 4.81. The van der Waals surface area contributed by atoms with Crippen LogP contribution < -0.4 is 10.6 Å². The third-order valence-corrected chi connectivity index (χ3v) is 6.50. The first-order chi connectivity index (χ1) is 15.3. The number of aromatic amines is 1. The van der Waals surface area contributed by atoms with Crippen molar-refractivity contribution in [2.75, 3.05) is 5.32 Å². The van der Waals surface area contributed by atoms with E-state index < -0.39 is 11.9 Å². The van der Waals surface area contributed by atoms with Crippen molar-refractivity contribution in [3.8, 4) is 0 Å². The Morgan fingerprint density at radius 1 is 1.22 bits per heavy atom. The summed E-state index contributed by atoms with van der Waals surface area (Å²) in [6, 6.07) is 8.08. The number of H-pyrrole nitrogens is 1. The Morgan fingerprint density at radius 2 is 2.03 bits per heavy atom. The Morgan fingerprint density at radius 3 is 2.81 bits per heavy atom. The third-order valence-electron chi connectivity index (χ3n) is 5.73. The number of rotatable bonds is 3. The number of pyridine rings is 1. The number of piperidine rings is 1. The van der Waals surface area contributed by atoms with Gasteiger partial charge in [0.25, 0.3) is 11.8 Å². The molecular weight excluding hydrogens is 478 g/mol. The van der Waals surface area contributed by atoms with E-state index >= 15 is 0 Å². The minimum atomic E-state index is -0.677. The highest BCUT2D eigenvalue weighted by Gasteiger charge is 2.39. The van der Waals surface area contributed by atoms with Crippen molar-refractivity contribution in [2.24, 2.45) is 0 Å². The minimum Gasteiger partial charge on any atom is -0.348 e. The van der Waals surface area contributed by atoms with Gasteiger partial charge in [-0.3, -0.25) is 29.5 Å². The molecule has 162 valence electrons. The van der Waals surface area contributed by atoms with Gasteiger partial charge in [-0.25, -0.2) is 0 Å². The Labute approximate surface area is 190 Å². The molecule has 32 heavy (non-hydrogen) atoms. The largest absolute Gasteiger partial charge is 0.348 e. The highest BCUT2D eigenvalue weighted by atomic mass is 79.9. The number of carbonyl (C=O) groups is 4. The molecule has 0 aliphatic carbocycles. The van der Waals surface area contributed by atoms with E-state index in [1.165, 1.54) is 4.90 Å². The first-order valence-corrected chi connectivity index (χ1v) is 10.8. The van der Waals surface area contributed by atoms with Crippen LogP contribution in [0.4, 0.5) is 5.69 Å². The molecule has 2 aliphatic rings. The molecule has 0 saturated carbocycles. The van der Waals surface area contributed by atoms with Crippen molar-refractivity contribution in [2.45, 2.75) is 32.4 Å². The molecule has 0 spiro atoms. The van der Waals surface area contributed by atoms with Crippen LogP contribution in [0.3, 0.4) is 0 Å². The quantitative estimate of drug-likeness (QED) is 0.481. The van der Waals surface area contributed by atoms with Gasteiger partial charge in [0.15, 0.2) is 0 Å². The number of benzene rings is 1. The van der Waals surface area contributed by atoms with Gasteiger partial charge in [0.05, 0.1) is 9.99 Å². The fourth-order valence-electron chi connectivity index (χ4n) is 4.14. The molecule has 2 aliphatic heterocycles. The van der Waals surface area contributed by atoms with Crippen LogP contribution in [0.2, 0.25) is 0 Å². The summed E-state index contributed by atoms with van der Waals surface area (Å²) >= 11 is 3.45. The fraction of sp³-hybridized carbons (Fsp3) is 0.227. The SMILES string of the molecule is Cc1ccc2[nH]c(C(=O)Nc3ccc4c(c3)CN(C3CCC(=O)NC3=O)C4=O)c(Br)c2n1. The Balaban J connectivity index is 1.36. The number of carbonyl (C=O) groups excluding carboxylic acids is 4. The predicted octanol–water partition coefficient (Wildman–Crippen LogP) is 2.65. The summed E-state index contributed by atoms with van der Waals surface area (Å²) in [5.74, 6) is -1.39. The molecule has 2 aromatic heterocycles. The molecule has 3 aromatic rings. The third kappa shape index (κ3) is 3.36. The maximum Gasteiger partial charge on any atom is 0.273 e. The molecule has 3 N–H and O–H groups in total. The summed E-state index contributed by atoms with van der Waals surface area (Å²) in [5.41, 5.74) is 4.33. The molecule has 0 radical (unpaired) electrons. The first kappa shape index (κ1) is 20.4. The van der Waals surface area contributed by atoms with Crippen molar-refractivity contribution in [1.29, 1.82) is 0 Å². The number of hydrogen-bond acceptors (Lipinski definition) is 5. The number of aromatic nitrogens is 2. The predicted molar refractivity (Wildman–Crippen MR) is 119 cm³/mol. The van der Waals surface area contributed by atoms with Gasteiger partial charge in [-0.15, -0.1) is 0 Å². The molecule has 1 aromatic carbocycles. The summed E-state index contributed by atoms with van der Waals surface area (Å²) in [6.45, 7) is 2.12. The van der Waals surface area contributed by atoms with Crippen molar-refractivity contribution >= 4 is 56.3 Å². The van der Waals surface area contributed by atoms with Crippen molar-refractivity contribution in [3.63, 3.8) is 0 Å². The van der Waals surface area contributed by atoms with Gasteiger partial charge in [-0.1, -0.05) is 0 Å². The molecule has 0 bridgehead atoms. The van der Waals surface area contributed by atoms with E-state index in [9.17, 15) is 19.2 Å². The highest BCUT2D eigenvalue weighted by molar-refractivity contribution is 9.10. The summed E-state index contributed by atoms with van der Waals surface area (Å²) in [5, 5.41) is 5.13. The number of nitrogens with one attached hydrogen (secondary N) is 3. The molecule has 1 unspecified atom stereocenters. The standard InChI is InChI=1S/C22H18BrN5O4/c1-10-2-5-14-18(24-10)17(23)19(26-14)21(31)25-12-3-4-13-11(8-12)9-28(22(13)32)15-6-7-16(29)27-20(15)30/h2-5,8,15,26H,6-7,9H2,1H3,(H,25,31)(H,27,29,30). The van der Waals surface area contributed by atoms with E-state index in [1.807, 2.05) is 19.1 Å². The molecule has 1 saturated heterocycles. The maximum atomic E-state index is 12.9. The summed E-state index contributed by atoms with van der Waals surface area (Å²) in [6.07, 6.45) is 0.501. The zero-order chi connectivity index (χ0) is 22.6. The van der Waals surface area contributed by atoms with Crippen molar-refractivity contribution < 1.29 is 19.2 Å². The van der Waals surface area contributed by atoms with Gasteiger partial charge in [-0.05, 0) is 65.2 Å². The molecule has 1 atom stereocenters. The van der Waals surface area contributed by atoms with Gasteiger partial charge in [0.1, 0.15) is 17.3 Å². The lowest BCUT2D eigenvalue weighted by molar-refractivity contribution is -0.136. The number of amides is 4. The van der Waals surface area contributed by atoms with Gasteiger partial charge in [0, 0.05) is 29.9 Å². The van der Waals surface area contributed by atoms with Crippen molar-refractivity contribution in [1.82, 2.24) is 20.2 Å². The number of aryl methyl sites for hydroxylation is 1. The van der Waals surface area contributed by atoms with Crippen LogP contribution in [-0.4, -0.2) is 44.5 Å². The van der Waals surface area contributed by atoms with E-state index in [1.54, 1.807) is 18.2 Å². The second-order valence-electron chi connectivity index (χ2n) is 7.89. The molecule has 9 nitrogen and oxygen atoms in total. The average molecular weight is 496 g/mol. The van der Waals surface area contributed by atoms with Crippen LogP contribution in [0, 0.1) is 6.92 Å². The van der Waals surface area contributed by atoms with Crippen LogP contribution in [0.15, 0.2) is 34.8 Å². The van der Waals surface area contributed by atoms with Crippen LogP contribution >= 0.6 is 15.9 Å². The number of nitrogens with zero attached hydrogens (tertiary/aromatic N) is 2. The second kappa shape index (κ2) is 7.56. The lowest BCUT2D eigenvalue weighted by Gasteiger charge is -2.29. The smallest absolute Gasteiger partial charge is 0.273 e. The minimum absolute atomic E-state index is 0.200. The van der Waals surface area contributed by atoms with Gasteiger partial charge < -0.3 is 15.2 Å².